The van der Waals surface area contributed by atoms with E-state index in [0.29, 0.717) is 25.0 Å². The molecule has 0 saturated carbocycles. The molecule has 0 rings (SSSR count). The number of carbonyl (C=O) groups is 2. The van der Waals surface area contributed by atoms with Gasteiger partial charge in [-0.3, -0.25) is 4.79 Å². The van der Waals surface area contributed by atoms with Gasteiger partial charge in [0.05, 0.1) is 6.04 Å². The van der Waals surface area contributed by atoms with E-state index >= 15 is 0 Å². The third-order valence-electron chi connectivity index (χ3n) is 5.86. The van der Waals surface area contributed by atoms with Gasteiger partial charge in [0.1, 0.15) is 6.04 Å². The molecule has 0 aliphatic carbocycles. The maximum atomic E-state index is 12.1. The van der Waals surface area contributed by atoms with E-state index in [-0.39, 0.29) is 5.91 Å². The molecule has 0 fully saturated rings. The molecule has 0 bridgehead atoms. The molecule has 9 heteroatoms. The van der Waals surface area contributed by atoms with Crippen molar-refractivity contribution in [3.05, 3.63) is 0 Å². The fourth-order valence-corrected chi connectivity index (χ4v) is 5.83. The molecule has 5 N–H and O–H groups in total. The molecule has 0 aromatic heterocycles. The van der Waals surface area contributed by atoms with Gasteiger partial charge in [0.2, 0.25) is 5.91 Å². The van der Waals surface area contributed by atoms with E-state index in [1.807, 2.05) is 0 Å². The molecule has 202 valence electrons. The van der Waals surface area contributed by atoms with Crippen molar-refractivity contribution >= 4 is 33.5 Å². The molecule has 7 nitrogen and oxygen atoms in total. The smallest absolute Gasteiger partial charge is 0.326 e. The number of carboxylic acids is 1. The Morgan fingerprint density at radius 2 is 1.32 bits per heavy atom. The van der Waals surface area contributed by atoms with Crippen LogP contribution in [0.4, 0.5) is 0 Å². The Kier molecular flexibility index (Phi) is 23.9. The van der Waals surface area contributed by atoms with E-state index in [4.69, 9.17) is 10.5 Å². The number of carbonyl (C=O) groups excluding carboxylic acids is 1. The molecule has 3 unspecified atom stereocenters. The molecule has 0 aliphatic heterocycles. The van der Waals surface area contributed by atoms with Crippen LogP contribution in [0.3, 0.4) is 0 Å². The van der Waals surface area contributed by atoms with Crippen molar-refractivity contribution in [1.82, 2.24) is 5.32 Å². The zero-order valence-electron chi connectivity index (χ0n) is 21.5. The molecule has 0 saturated heterocycles. The number of amides is 1. The third-order valence-corrected chi connectivity index (χ3v) is 8.33. The van der Waals surface area contributed by atoms with Gasteiger partial charge in [-0.05, 0) is 19.3 Å². The fourth-order valence-electron chi connectivity index (χ4n) is 3.61. The predicted molar refractivity (Wildman–Crippen MR) is 145 cm³/mol. The summed E-state index contributed by atoms with van der Waals surface area (Å²) in [5.41, 5.74) is 5.77. The summed E-state index contributed by atoms with van der Waals surface area (Å²) in [5.74, 6) is 0.181. The fraction of sp³-hybridized carbons (Fsp3) is 0.920. The van der Waals surface area contributed by atoms with Crippen LogP contribution in [0.5, 0.6) is 0 Å². The summed E-state index contributed by atoms with van der Waals surface area (Å²) in [7, 11) is 4.54. The number of unbranched alkanes of at least 4 members (excludes halogenated alkanes) is 12. The summed E-state index contributed by atoms with van der Waals surface area (Å²) < 4.78 is 4.77. The number of methoxy groups -OCH3 is 1. The SMILES string of the molecule is CCCCCCCCCCCCCCCC(=O)NC(CCSSCCC(N)C(O)OC)C(=O)O. The van der Waals surface area contributed by atoms with Gasteiger partial charge in [-0.2, -0.15) is 0 Å². The monoisotopic (exact) mass is 522 g/mol. The van der Waals surface area contributed by atoms with Crippen LogP contribution < -0.4 is 11.1 Å². The number of hydrogen-bond donors (Lipinski definition) is 4. The second-order valence-electron chi connectivity index (χ2n) is 8.96. The Morgan fingerprint density at radius 1 is 0.853 bits per heavy atom. The predicted octanol–water partition coefficient (Wildman–Crippen LogP) is 5.49. The largest absolute Gasteiger partial charge is 0.480 e. The Labute approximate surface area is 215 Å². The molecule has 0 aromatic rings. The number of ether oxygens (including phenoxy) is 1. The van der Waals surface area contributed by atoms with Crippen molar-refractivity contribution < 1.29 is 24.5 Å². The van der Waals surface area contributed by atoms with E-state index < -0.39 is 24.3 Å². The zero-order valence-corrected chi connectivity index (χ0v) is 23.1. The molecular formula is C25H50N2O5S2. The van der Waals surface area contributed by atoms with Gasteiger partial charge in [-0.15, -0.1) is 0 Å². The van der Waals surface area contributed by atoms with Crippen molar-refractivity contribution in [2.24, 2.45) is 5.73 Å². The number of aliphatic hydroxyl groups excluding tert-OH is 1. The average Bonchev–Trinajstić information content (AvgIpc) is 2.82. The minimum absolute atomic E-state index is 0.173. The van der Waals surface area contributed by atoms with Gasteiger partial charge in [0.15, 0.2) is 6.29 Å². The van der Waals surface area contributed by atoms with E-state index in [9.17, 15) is 19.8 Å². The van der Waals surface area contributed by atoms with E-state index in [1.165, 1.54) is 71.3 Å². The number of nitrogens with two attached hydrogens (primary N) is 1. The van der Waals surface area contributed by atoms with E-state index in [0.717, 1.165) is 25.0 Å². The molecule has 0 heterocycles. The quantitative estimate of drug-likeness (QED) is 0.0705. The van der Waals surface area contributed by atoms with Crippen LogP contribution in [0.2, 0.25) is 0 Å². The second-order valence-corrected chi connectivity index (χ2v) is 11.7. The summed E-state index contributed by atoms with van der Waals surface area (Å²) in [6, 6.07) is -1.28. The molecule has 0 radical (unpaired) electrons. The topological polar surface area (TPSA) is 122 Å². The lowest BCUT2D eigenvalue weighted by molar-refractivity contribution is -0.141. The first-order chi connectivity index (χ1) is 16.4. The summed E-state index contributed by atoms with van der Waals surface area (Å²) in [4.78, 5) is 23.6. The summed E-state index contributed by atoms with van der Waals surface area (Å²) in [6.45, 7) is 2.25. The van der Waals surface area contributed by atoms with E-state index in [1.54, 1.807) is 21.6 Å². The highest BCUT2D eigenvalue weighted by Crippen LogP contribution is 2.24. The highest BCUT2D eigenvalue weighted by molar-refractivity contribution is 8.76. The summed E-state index contributed by atoms with van der Waals surface area (Å²) in [6.07, 6.45) is 16.7. The number of nitrogens with one attached hydrogen (secondary N) is 1. The van der Waals surface area contributed by atoms with Gasteiger partial charge in [-0.25, -0.2) is 4.79 Å². The van der Waals surface area contributed by atoms with Crippen LogP contribution >= 0.6 is 21.6 Å². The minimum atomic E-state index is -0.991. The van der Waals surface area contributed by atoms with Crippen molar-refractivity contribution in [2.75, 3.05) is 18.6 Å². The standard InChI is InChI=1S/C25H50N2O5S2/c1-3-4-5-6-7-8-9-10-11-12-13-14-15-16-23(28)27-22(24(29)30)18-20-34-33-19-17-21(26)25(31)32-2/h21-22,25,31H,3-20,26H2,1-2H3,(H,27,28)(H,29,30). The van der Waals surface area contributed by atoms with Gasteiger partial charge < -0.3 is 26.0 Å². The minimum Gasteiger partial charge on any atom is -0.480 e. The molecule has 34 heavy (non-hydrogen) atoms. The van der Waals surface area contributed by atoms with Gasteiger partial charge in [-0.1, -0.05) is 106 Å². The number of hydrogen-bond acceptors (Lipinski definition) is 7. The van der Waals surface area contributed by atoms with Gasteiger partial charge in [0, 0.05) is 25.0 Å². The van der Waals surface area contributed by atoms with Gasteiger partial charge >= 0.3 is 5.97 Å². The van der Waals surface area contributed by atoms with Crippen LogP contribution in [0.1, 0.15) is 110 Å². The Hall–Kier alpha value is -0.480. The molecular weight excluding hydrogens is 472 g/mol. The summed E-state index contributed by atoms with van der Waals surface area (Å²) >= 11 is 0. The molecule has 0 spiro atoms. The number of carboxylic acid groups (broad SMARTS) is 1. The molecule has 0 aliphatic rings. The maximum absolute atomic E-state index is 12.1. The highest BCUT2D eigenvalue weighted by atomic mass is 33.1. The van der Waals surface area contributed by atoms with Crippen molar-refractivity contribution in [3.63, 3.8) is 0 Å². The van der Waals surface area contributed by atoms with Crippen LogP contribution in [-0.2, 0) is 14.3 Å². The maximum Gasteiger partial charge on any atom is 0.326 e. The first-order valence-corrected chi connectivity index (χ1v) is 15.6. The first kappa shape index (κ1) is 33.5. The Balaban J connectivity index is 3.67. The first-order valence-electron chi connectivity index (χ1n) is 13.1. The van der Waals surface area contributed by atoms with Crippen LogP contribution in [0.25, 0.3) is 0 Å². The zero-order chi connectivity index (χ0) is 25.4. The number of aliphatic carboxylic acids is 1. The molecule has 0 aromatic carbocycles. The van der Waals surface area contributed by atoms with Gasteiger partial charge in [0.25, 0.3) is 0 Å². The van der Waals surface area contributed by atoms with E-state index in [2.05, 4.69) is 12.2 Å². The highest BCUT2D eigenvalue weighted by Gasteiger charge is 2.19. The Morgan fingerprint density at radius 3 is 1.79 bits per heavy atom. The average molecular weight is 523 g/mol. The lowest BCUT2D eigenvalue weighted by atomic mass is 10.0. The number of aliphatic hydroxyl groups is 1. The lowest BCUT2D eigenvalue weighted by Gasteiger charge is -2.16. The van der Waals surface area contributed by atoms with Crippen LogP contribution in [0, 0.1) is 0 Å². The normalized spacial score (nSPS) is 14.0. The summed E-state index contributed by atoms with van der Waals surface area (Å²) in [5, 5.41) is 21.5. The van der Waals surface area contributed by atoms with Crippen molar-refractivity contribution in [1.29, 1.82) is 0 Å². The van der Waals surface area contributed by atoms with Crippen LogP contribution in [0.15, 0.2) is 0 Å². The van der Waals surface area contributed by atoms with Crippen LogP contribution in [-0.4, -0.2) is 59.1 Å². The Bertz CT molecular complexity index is 500. The molecule has 3 atom stereocenters. The molecule has 1 amide bonds. The van der Waals surface area contributed by atoms with Crippen molar-refractivity contribution in [2.45, 2.75) is 128 Å². The third kappa shape index (κ3) is 20.9. The second kappa shape index (κ2) is 24.2. The number of rotatable bonds is 25. The lowest BCUT2D eigenvalue weighted by Crippen LogP contribution is -2.41. The van der Waals surface area contributed by atoms with Crippen molar-refractivity contribution in [3.8, 4) is 0 Å².